The van der Waals surface area contributed by atoms with Crippen molar-refractivity contribution in [2.75, 3.05) is 14.2 Å². The molecule has 6 heteroatoms. The zero-order chi connectivity index (χ0) is 17.8. The molecule has 0 amide bonds. The van der Waals surface area contributed by atoms with Gasteiger partial charge in [0.15, 0.2) is 5.70 Å². The molecule has 0 N–H and O–H groups in total. The summed E-state index contributed by atoms with van der Waals surface area (Å²) in [5.74, 6) is -0.202. The van der Waals surface area contributed by atoms with E-state index in [1.54, 1.807) is 48.5 Å². The Morgan fingerprint density at radius 2 is 1.80 bits per heavy atom. The first-order chi connectivity index (χ1) is 12.1. The van der Waals surface area contributed by atoms with Gasteiger partial charge in [0, 0.05) is 0 Å². The van der Waals surface area contributed by atoms with E-state index < -0.39 is 11.9 Å². The molecule has 1 heterocycles. The first kappa shape index (κ1) is 16.4. The molecule has 6 nitrogen and oxygen atoms in total. The topological polar surface area (TPSA) is 74.2 Å². The molecule has 0 unspecified atom stereocenters. The second-order valence-corrected chi connectivity index (χ2v) is 5.15. The lowest BCUT2D eigenvalue weighted by molar-refractivity contribution is -0.129. The number of hydrogen-bond donors (Lipinski definition) is 0. The lowest BCUT2D eigenvalue weighted by Crippen LogP contribution is -2.06. The van der Waals surface area contributed by atoms with Crippen LogP contribution in [0.5, 0.6) is 5.75 Å². The number of nitrogens with zero attached hydrogens (tertiary/aromatic N) is 1. The van der Waals surface area contributed by atoms with Crippen LogP contribution in [0.25, 0.3) is 6.08 Å². The van der Waals surface area contributed by atoms with Crippen LogP contribution in [0.4, 0.5) is 0 Å². The fraction of sp³-hybridized carbons (Fsp3) is 0.105. The third-order valence-corrected chi connectivity index (χ3v) is 3.59. The molecule has 126 valence electrons. The van der Waals surface area contributed by atoms with Gasteiger partial charge in [-0.15, -0.1) is 0 Å². The minimum absolute atomic E-state index is 0.173. The largest absolute Gasteiger partial charge is 0.496 e. The number of para-hydroxylation sites is 1. The Morgan fingerprint density at radius 3 is 2.48 bits per heavy atom. The van der Waals surface area contributed by atoms with Crippen LogP contribution in [0.15, 0.2) is 59.2 Å². The number of methoxy groups -OCH3 is 2. The highest BCUT2D eigenvalue weighted by atomic mass is 16.6. The Labute approximate surface area is 144 Å². The fourth-order valence-electron chi connectivity index (χ4n) is 2.34. The lowest BCUT2D eigenvalue weighted by Gasteiger charge is -2.05. The van der Waals surface area contributed by atoms with Gasteiger partial charge in [-0.05, 0) is 35.9 Å². The first-order valence-electron chi connectivity index (χ1n) is 7.46. The van der Waals surface area contributed by atoms with Crippen molar-refractivity contribution < 1.29 is 23.8 Å². The number of benzene rings is 2. The summed E-state index contributed by atoms with van der Waals surface area (Å²) in [6.07, 6.45) is 1.59. The summed E-state index contributed by atoms with van der Waals surface area (Å²) in [6.45, 7) is 0. The molecule has 0 saturated carbocycles. The molecule has 0 radical (unpaired) electrons. The van der Waals surface area contributed by atoms with Crippen LogP contribution in [0.3, 0.4) is 0 Å². The summed E-state index contributed by atoms with van der Waals surface area (Å²) >= 11 is 0. The fourth-order valence-corrected chi connectivity index (χ4v) is 2.34. The maximum atomic E-state index is 12.1. The van der Waals surface area contributed by atoms with Crippen molar-refractivity contribution in [3.8, 4) is 5.75 Å². The summed E-state index contributed by atoms with van der Waals surface area (Å²) in [5, 5.41) is 0. The molecule has 2 aromatic rings. The zero-order valence-corrected chi connectivity index (χ0v) is 13.7. The second kappa shape index (κ2) is 7.00. The van der Waals surface area contributed by atoms with Gasteiger partial charge in [-0.3, -0.25) is 0 Å². The summed E-state index contributed by atoms with van der Waals surface area (Å²) in [6, 6.07) is 13.8. The van der Waals surface area contributed by atoms with Crippen molar-refractivity contribution in [3.05, 3.63) is 70.9 Å². The number of carbonyl (C=O) groups is 2. The molecular weight excluding hydrogens is 322 g/mol. The van der Waals surface area contributed by atoms with Crippen molar-refractivity contribution in [1.82, 2.24) is 0 Å². The third kappa shape index (κ3) is 3.42. The maximum absolute atomic E-state index is 12.1. The van der Waals surface area contributed by atoms with Crippen molar-refractivity contribution in [2.45, 2.75) is 0 Å². The van der Waals surface area contributed by atoms with E-state index in [9.17, 15) is 9.59 Å². The van der Waals surface area contributed by atoms with E-state index in [4.69, 9.17) is 9.47 Å². The van der Waals surface area contributed by atoms with Crippen LogP contribution in [-0.2, 0) is 14.3 Å². The van der Waals surface area contributed by atoms with Gasteiger partial charge in [0.1, 0.15) is 5.75 Å². The third-order valence-electron chi connectivity index (χ3n) is 3.59. The number of esters is 2. The minimum Gasteiger partial charge on any atom is -0.496 e. The SMILES string of the molecule is COC(=O)c1ccc(/C=C2\N=C(c3ccccc3OC)OC2=O)cc1. The van der Waals surface area contributed by atoms with Crippen LogP contribution in [0, 0.1) is 0 Å². The van der Waals surface area contributed by atoms with E-state index in [2.05, 4.69) is 9.73 Å². The number of aliphatic imine (C=N–C) groups is 1. The molecule has 0 spiro atoms. The predicted molar refractivity (Wildman–Crippen MR) is 91.4 cm³/mol. The van der Waals surface area contributed by atoms with Crippen molar-refractivity contribution in [1.29, 1.82) is 0 Å². The molecule has 0 fully saturated rings. The monoisotopic (exact) mass is 337 g/mol. The van der Waals surface area contributed by atoms with Crippen molar-refractivity contribution >= 4 is 23.9 Å². The van der Waals surface area contributed by atoms with Gasteiger partial charge >= 0.3 is 11.9 Å². The summed E-state index contributed by atoms with van der Waals surface area (Å²) in [4.78, 5) is 27.8. The molecule has 1 aliphatic rings. The molecule has 0 bridgehead atoms. The van der Waals surface area contributed by atoms with Crippen LogP contribution >= 0.6 is 0 Å². The van der Waals surface area contributed by atoms with Crippen LogP contribution < -0.4 is 4.74 Å². The average Bonchev–Trinajstić information content (AvgIpc) is 3.02. The van der Waals surface area contributed by atoms with Crippen molar-refractivity contribution in [2.24, 2.45) is 4.99 Å². The predicted octanol–water partition coefficient (Wildman–Crippen LogP) is 2.83. The number of rotatable bonds is 4. The van der Waals surface area contributed by atoms with E-state index in [0.29, 0.717) is 22.4 Å². The molecular formula is C19H15NO5. The summed E-state index contributed by atoms with van der Waals surface area (Å²) in [5.41, 5.74) is 1.91. The van der Waals surface area contributed by atoms with E-state index >= 15 is 0 Å². The Bertz CT molecular complexity index is 881. The van der Waals surface area contributed by atoms with Crippen LogP contribution in [0.1, 0.15) is 21.5 Å². The highest BCUT2D eigenvalue weighted by Gasteiger charge is 2.26. The zero-order valence-electron chi connectivity index (χ0n) is 13.7. The Kier molecular flexibility index (Phi) is 4.61. The lowest BCUT2D eigenvalue weighted by atomic mass is 10.1. The smallest absolute Gasteiger partial charge is 0.363 e. The van der Waals surface area contributed by atoms with Gasteiger partial charge < -0.3 is 14.2 Å². The molecule has 0 aromatic heterocycles. The first-order valence-corrected chi connectivity index (χ1v) is 7.46. The molecule has 0 aliphatic carbocycles. The molecule has 3 rings (SSSR count). The molecule has 2 aromatic carbocycles. The quantitative estimate of drug-likeness (QED) is 0.633. The normalized spacial score (nSPS) is 14.9. The van der Waals surface area contributed by atoms with E-state index in [-0.39, 0.29) is 11.6 Å². The minimum atomic E-state index is -0.544. The average molecular weight is 337 g/mol. The highest BCUT2D eigenvalue weighted by molar-refractivity contribution is 6.13. The number of ether oxygens (including phenoxy) is 3. The van der Waals surface area contributed by atoms with Gasteiger partial charge in [0.2, 0.25) is 5.90 Å². The second-order valence-electron chi connectivity index (χ2n) is 5.15. The number of hydrogen-bond acceptors (Lipinski definition) is 6. The Balaban J connectivity index is 1.89. The number of cyclic esters (lactones) is 1. The van der Waals surface area contributed by atoms with Gasteiger partial charge in [0.25, 0.3) is 0 Å². The van der Waals surface area contributed by atoms with Gasteiger partial charge in [-0.25, -0.2) is 14.6 Å². The molecule has 0 atom stereocenters. The Hall–Kier alpha value is -3.41. The summed E-state index contributed by atoms with van der Waals surface area (Å²) in [7, 11) is 2.86. The molecule has 25 heavy (non-hydrogen) atoms. The summed E-state index contributed by atoms with van der Waals surface area (Å²) < 4.78 is 15.1. The standard InChI is InChI=1S/C19H15NO5/c1-23-16-6-4-3-5-14(16)17-20-15(19(22)25-17)11-12-7-9-13(10-8-12)18(21)24-2/h3-11H,1-2H3/b15-11-. The van der Waals surface area contributed by atoms with Crippen molar-refractivity contribution in [3.63, 3.8) is 0 Å². The van der Waals surface area contributed by atoms with Crippen LogP contribution in [0.2, 0.25) is 0 Å². The van der Waals surface area contributed by atoms with Gasteiger partial charge in [-0.1, -0.05) is 24.3 Å². The molecule has 0 saturated heterocycles. The maximum Gasteiger partial charge on any atom is 0.363 e. The van der Waals surface area contributed by atoms with E-state index in [1.165, 1.54) is 14.2 Å². The van der Waals surface area contributed by atoms with E-state index in [0.717, 1.165) is 0 Å². The van der Waals surface area contributed by atoms with E-state index in [1.807, 2.05) is 6.07 Å². The van der Waals surface area contributed by atoms with Crippen LogP contribution in [-0.4, -0.2) is 32.1 Å². The van der Waals surface area contributed by atoms with Gasteiger partial charge in [0.05, 0.1) is 25.3 Å². The Morgan fingerprint density at radius 1 is 1.08 bits per heavy atom. The number of carbonyl (C=O) groups excluding carboxylic acids is 2. The molecule has 1 aliphatic heterocycles. The highest BCUT2D eigenvalue weighted by Crippen LogP contribution is 2.25. The van der Waals surface area contributed by atoms with Gasteiger partial charge in [-0.2, -0.15) is 0 Å².